The second-order valence-corrected chi connectivity index (χ2v) is 8.45. The smallest absolute Gasteiger partial charge is 0.284 e. The number of nitrogens with zero attached hydrogens (tertiary/aromatic N) is 3. The molecule has 0 unspecified atom stereocenters. The van der Waals surface area contributed by atoms with Crippen molar-refractivity contribution in [1.82, 2.24) is 15.3 Å². The number of amides is 1. The highest BCUT2D eigenvalue weighted by molar-refractivity contribution is 6.00. The van der Waals surface area contributed by atoms with E-state index < -0.39 is 5.54 Å². The van der Waals surface area contributed by atoms with E-state index in [4.69, 9.17) is 4.74 Å². The molecule has 1 saturated carbocycles. The van der Waals surface area contributed by atoms with Gasteiger partial charge in [0, 0.05) is 18.7 Å². The molecule has 4 heterocycles. The Balaban J connectivity index is 1.47. The molecule has 1 aliphatic carbocycles. The molecular formula is C21H26N6O3. The van der Waals surface area contributed by atoms with Crippen LogP contribution in [0.5, 0.6) is 0 Å². The van der Waals surface area contributed by atoms with E-state index in [1.165, 1.54) is 6.33 Å². The summed E-state index contributed by atoms with van der Waals surface area (Å²) in [5.74, 6) is 1.42. The lowest BCUT2D eigenvalue weighted by molar-refractivity contribution is -0.603. The summed E-state index contributed by atoms with van der Waals surface area (Å²) in [4.78, 5) is 21.2. The Labute approximate surface area is 174 Å². The lowest BCUT2D eigenvalue weighted by atomic mass is 9.79. The molecule has 30 heavy (non-hydrogen) atoms. The van der Waals surface area contributed by atoms with Crippen molar-refractivity contribution in [2.75, 3.05) is 23.8 Å². The highest BCUT2D eigenvalue weighted by Crippen LogP contribution is 2.42. The van der Waals surface area contributed by atoms with Crippen LogP contribution in [0.1, 0.15) is 60.1 Å². The van der Waals surface area contributed by atoms with Crippen LogP contribution >= 0.6 is 0 Å². The van der Waals surface area contributed by atoms with Crippen molar-refractivity contribution in [1.29, 1.82) is 0 Å². The minimum atomic E-state index is -0.560. The van der Waals surface area contributed by atoms with Crippen molar-refractivity contribution < 1.29 is 14.3 Å². The molecule has 5 rings (SSSR count). The van der Waals surface area contributed by atoms with Crippen LogP contribution < -0.4 is 20.7 Å². The van der Waals surface area contributed by atoms with Gasteiger partial charge in [-0.2, -0.15) is 4.98 Å². The Morgan fingerprint density at radius 2 is 2.03 bits per heavy atom. The maximum atomic E-state index is 13.4. The average Bonchev–Trinajstić information content (AvgIpc) is 3.33. The van der Waals surface area contributed by atoms with Crippen LogP contribution in [0.25, 0.3) is 0 Å². The third-order valence-electron chi connectivity index (χ3n) is 6.35. The first-order valence-corrected chi connectivity index (χ1v) is 10.6. The van der Waals surface area contributed by atoms with Gasteiger partial charge in [0.15, 0.2) is 0 Å². The van der Waals surface area contributed by atoms with Gasteiger partial charge < -0.3 is 20.6 Å². The second kappa shape index (κ2) is 7.39. The number of nitrogens with one attached hydrogen (secondary N) is 3. The highest BCUT2D eigenvalue weighted by atomic mass is 16.5. The number of aryl methyl sites for hydroxylation is 1. The molecule has 0 radical (unpaired) electrons. The third-order valence-corrected chi connectivity index (χ3v) is 6.35. The first kappa shape index (κ1) is 19.0. The average molecular weight is 410 g/mol. The SMILES string of the molecule is Cc1cc(Nc2cc(N[C@H]3CCOC3)ncn2)[n+]([O-])c2c1C(=O)NC21CCCCC1. The van der Waals surface area contributed by atoms with Crippen molar-refractivity contribution >= 4 is 23.4 Å². The molecule has 2 fully saturated rings. The number of carbonyl (C=O) groups excluding carboxylic acids is 1. The maximum absolute atomic E-state index is 13.4. The van der Waals surface area contributed by atoms with Crippen molar-refractivity contribution in [3.8, 4) is 0 Å². The number of ether oxygens (including phenoxy) is 1. The van der Waals surface area contributed by atoms with Crippen LogP contribution in [0, 0.1) is 12.1 Å². The minimum absolute atomic E-state index is 0.146. The molecule has 2 aromatic rings. The Morgan fingerprint density at radius 3 is 2.80 bits per heavy atom. The van der Waals surface area contributed by atoms with E-state index in [2.05, 4.69) is 25.9 Å². The molecule has 1 amide bonds. The molecule has 1 saturated heterocycles. The van der Waals surface area contributed by atoms with Crippen LogP contribution in [0.3, 0.4) is 0 Å². The number of hydrogen-bond donors (Lipinski definition) is 3. The monoisotopic (exact) mass is 410 g/mol. The summed E-state index contributed by atoms with van der Waals surface area (Å²) in [6, 6.07) is 3.72. The third kappa shape index (κ3) is 3.23. The van der Waals surface area contributed by atoms with Gasteiger partial charge in [0.1, 0.15) is 23.4 Å². The van der Waals surface area contributed by atoms with Gasteiger partial charge in [-0.05, 0) is 31.7 Å². The van der Waals surface area contributed by atoms with Gasteiger partial charge in [0.25, 0.3) is 11.7 Å². The zero-order valence-corrected chi connectivity index (χ0v) is 17.0. The standard InChI is InChI=1S/C21H26N6O3/c1-13-9-17(25-16-10-15(22-12-23-16)24-14-5-8-30-11-14)27(29)19-18(13)20(28)26-21(19)6-3-2-4-7-21/h9-10,12,14H,2-8,11H2,1H3,(H,26,28)(H2,22,23,24,25)/t14-/m0/s1. The van der Waals surface area contributed by atoms with Crippen molar-refractivity contribution in [2.45, 2.75) is 57.0 Å². The molecule has 3 aliphatic rings. The number of carbonyl (C=O) groups is 1. The van der Waals surface area contributed by atoms with E-state index >= 15 is 0 Å². The van der Waals surface area contributed by atoms with E-state index in [-0.39, 0.29) is 11.9 Å². The Bertz CT molecular complexity index is 983. The fourth-order valence-corrected chi connectivity index (χ4v) is 4.90. The minimum Gasteiger partial charge on any atom is -0.710 e. The molecule has 0 aromatic carbocycles. The summed E-state index contributed by atoms with van der Waals surface area (Å²) in [5.41, 5.74) is 1.29. The Morgan fingerprint density at radius 1 is 1.23 bits per heavy atom. The predicted molar refractivity (Wildman–Crippen MR) is 111 cm³/mol. The first-order valence-electron chi connectivity index (χ1n) is 10.6. The molecule has 9 nitrogen and oxygen atoms in total. The molecular weight excluding hydrogens is 384 g/mol. The van der Waals surface area contributed by atoms with Gasteiger partial charge in [-0.1, -0.05) is 19.3 Å². The molecule has 0 bridgehead atoms. The van der Waals surface area contributed by atoms with E-state index in [9.17, 15) is 10.0 Å². The first-order chi connectivity index (χ1) is 14.6. The molecule has 9 heteroatoms. The molecule has 2 aromatic heterocycles. The summed E-state index contributed by atoms with van der Waals surface area (Å²) in [5, 5.41) is 23.0. The van der Waals surface area contributed by atoms with Crippen molar-refractivity contribution in [3.05, 3.63) is 40.5 Å². The quantitative estimate of drug-likeness (QED) is 0.523. The zero-order chi connectivity index (χ0) is 20.7. The number of pyridine rings is 1. The van der Waals surface area contributed by atoms with Gasteiger partial charge in [-0.15, -0.1) is 0 Å². The fourth-order valence-electron chi connectivity index (χ4n) is 4.90. The van der Waals surface area contributed by atoms with Crippen LogP contribution in [-0.4, -0.2) is 35.1 Å². The lowest BCUT2D eigenvalue weighted by Crippen LogP contribution is -2.49. The van der Waals surface area contributed by atoms with Crippen molar-refractivity contribution in [2.24, 2.45) is 0 Å². The lowest BCUT2D eigenvalue weighted by Gasteiger charge is -2.34. The zero-order valence-electron chi connectivity index (χ0n) is 17.0. The van der Waals surface area contributed by atoms with Crippen LogP contribution in [0.4, 0.5) is 17.5 Å². The van der Waals surface area contributed by atoms with Gasteiger partial charge in [0.2, 0.25) is 5.82 Å². The van der Waals surface area contributed by atoms with Gasteiger partial charge in [0.05, 0.1) is 18.2 Å². The fraction of sp³-hybridized carbons (Fsp3) is 0.524. The molecule has 158 valence electrons. The van der Waals surface area contributed by atoms with Crippen LogP contribution in [0.15, 0.2) is 18.5 Å². The predicted octanol–water partition coefficient (Wildman–Crippen LogP) is 2.27. The maximum Gasteiger partial charge on any atom is 0.284 e. The largest absolute Gasteiger partial charge is 0.710 e. The summed E-state index contributed by atoms with van der Waals surface area (Å²) < 4.78 is 6.27. The van der Waals surface area contributed by atoms with E-state index in [0.717, 1.165) is 55.4 Å². The Hall–Kier alpha value is -2.94. The normalized spacial score (nSPS) is 22.0. The van der Waals surface area contributed by atoms with E-state index in [0.29, 0.717) is 35.3 Å². The van der Waals surface area contributed by atoms with Crippen molar-refractivity contribution in [3.63, 3.8) is 0 Å². The van der Waals surface area contributed by atoms with Gasteiger partial charge in [-0.3, -0.25) is 4.79 Å². The molecule has 1 spiro atoms. The number of hydrogen-bond acceptors (Lipinski definition) is 7. The summed E-state index contributed by atoms with van der Waals surface area (Å²) in [6.45, 7) is 3.27. The Kier molecular flexibility index (Phi) is 4.69. The molecule has 3 N–H and O–H groups in total. The number of aromatic nitrogens is 3. The topological polar surface area (TPSA) is 115 Å². The number of anilines is 3. The summed E-state index contributed by atoms with van der Waals surface area (Å²) >= 11 is 0. The van der Waals surface area contributed by atoms with Gasteiger partial charge in [-0.25, -0.2) is 15.0 Å². The molecule has 1 atom stereocenters. The highest BCUT2D eigenvalue weighted by Gasteiger charge is 2.48. The number of rotatable bonds is 4. The van der Waals surface area contributed by atoms with Crippen LogP contribution in [0.2, 0.25) is 0 Å². The van der Waals surface area contributed by atoms with E-state index in [1.807, 2.05) is 6.92 Å². The van der Waals surface area contributed by atoms with Gasteiger partial charge >= 0.3 is 0 Å². The second-order valence-electron chi connectivity index (χ2n) is 8.45. The summed E-state index contributed by atoms with van der Waals surface area (Å²) in [7, 11) is 0. The number of fused-ring (bicyclic) bond motifs is 2. The molecule has 2 aliphatic heterocycles. The van der Waals surface area contributed by atoms with Crippen LogP contribution in [-0.2, 0) is 10.3 Å². The van der Waals surface area contributed by atoms with E-state index in [1.54, 1.807) is 12.1 Å². The summed E-state index contributed by atoms with van der Waals surface area (Å²) in [6.07, 6.45) is 7.11.